The summed E-state index contributed by atoms with van der Waals surface area (Å²) in [4.78, 5) is 0. The van der Waals surface area contributed by atoms with Gasteiger partial charge in [0, 0.05) is 10.5 Å². The maximum atomic E-state index is 12.6. The number of benzene rings is 1. The maximum Gasteiger partial charge on any atom is 0.416 e. The SMILES string of the molecule is CC(C)C(NN)c1cc(C(F)(F)F)ccc1Br. The molecular weight excluding hydrogens is 297 g/mol. The molecule has 0 aliphatic heterocycles. The Balaban J connectivity index is 3.23. The average molecular weight is 311 g/mol. The van der Waals surface area contributed by atoms with Crippen molar-refractivity contribution in [1.29, 1.82) is 0 Å². The lowest BCUT2D eigenvalue weighted by Crippen LogP contribution is -2.32. The minimum atomic E-state index is -4.34. The van der Waals surface area contributed by atoms with Gasteiger partial charge in [-0.1, -0.05) is 29.8 Å². The first-order valence-electron chi connectivity index (χ1n) is 5.10. The molecule has 1 atom stereocenters. The van der Waals surface area contributed by atoms with Gasteiger partial charge in [-0.2, -0.15) is 13.2 Å². The maximum absolute atomic E-state index is 12.6. The van der Waals surface area contributed by atoms with E-state index in [1.54, 1.807) is 0 Å². The molecule has 1 aromatic carbocycles. The molecule has 1 aromatic rings. The van der Waals surface area contributed by atoms with Crippen molar-refractivity contribution in [2.24, 2.45) is 11.8 Å². The summed E-state index contributed by atoms with van der Waals surface area (Å²) in [5, 5.41) is 0. The summed E-state index contributed by atoms with van der Waals surface area (Å²) in [6.45, 7) is 3.77. The number of hydrogen-bond acceptors (Lipinski definition) is 2. The first-order chi connectivity index (χ1) is 7.77. The first kappa shape index (κ1) is 14.5. The quantitative estimate of drug-likeness (QED) is 0.661. The van der Waals surface area contributed by atoms with E-state index in [4.69, 9.17) is 5.84 Å². The minimum Gasteiger partial charge on any atom is -0.271 e. The molecule has 96 valence electrons. The molecule has 0 aliphatic carbocycles. The van der Waals surface area contributed by atoms with Crippen molar-refractivity contribution in [1.82, 2.24) is 5.43 Å². The average Bonchev–Trinajstić information content (AvgIpc) is 2.19. The van der Waals surface area contributed by atoms with E-state index >= 15 is 0 Å². The van der Waals surface area contributed by atoms with E-state index in [1.165, 1.54) is 6.07 Å². The van der Waals surface area contributed by atoms with Crippen LogP contribution in [0, 0.1) is 5.92 Å². The van der Waals surface area contributed by atoms with Gasteiger partial charge in [-0.3, -0.25) is 11.3 Å². The van der Waals surface area contributed by atoms with Crippen molar-refractivity contribution < 1.29 is 13.2 Å². The summed E-state index contributed by atoms with van der Waals surface area (Å²) in [7, 11) is 0. The van der Waals surface area contributed by atoms with Crippen molar-refractivity contribution in [2.45, 2.75) is 26.1 Å². The molecule has 1 unspecified atom stereocenters. The van der Waals surface area contributed by atoms with Gasteiger partial charge in [-0.05, 0) is 29.7 Å². The van der Waals surface area contributed by atoms with Crippen LogP contribution in [-0.4, -0.2) is 0 Å². The molecule has 0 saturated carbocycles. The van der Waals surface area contributed by atoms with Gasteiger partial charge in [-0.25, -0.2) is 0 Å². The summed E-state index contributed by atoms with van der Waals surface area (Å²) in [6.07, 6.45) is -4.34. The molecule has 0 amide bonds. The number of hydrogen-bond donors (Lipinski definition) is 2. The van der Waals surface area contributed by atoms with Crippen LogP contribution in [0.15, 0.2) is 22.7 Å². The van der Waals surface area contributed by atoms with Crippen LogP contribution in [0.2, 0.25) is 0 Å². The first-order valence-corrected chi connectivity index (χ1v) is 5.89. The van der Waals surface area contributed by atoms with Crippen LogP contribution in [0.3, 0.4) is 0 Å². The Morgan fingerprint density at radius 2 is 1.88 bits per heavy atom. The van der Waals surface area contributed by atoms with Gasteiger partial charge in [-0.15, -0.1) is 0 Å². The molecule has 0 aliphatic rings. The molecule has 1 rings (SSSR count). The van der Waals surface area contributed by atoms with Crippen LogP contribution in [0.25, 0.3) is 0 Å². The Morgan fingerprint density at radius 3 is 2.29 bits per heavy atom. The van der Waals surface area contributed by atoms with Crippen molar-refractivity contribution >= 4 is 15.9 Å². The fourth-order valence-electron chi connectivity index (χ4n) is 1.60. The van der Waals surface area contributed by atoms with Crippen molar-refractivity contribution in [3.63, 3.8) is 0 Å². The third-order valence-corrected chi connectivity index (χ3v) is 3.23. The fraction of sp³-hybridized carbons (Fsp3) is 0.455. The molecule has 0 radical (unpaired) electrons. The van der Waals surface area contributed by atoms with E-state index in [-0.39, 0.29) is 12.0 Å². The molecule has 0 bridgehead atoms. The third-order valence-electron chi connectivity index (χ3n) is 2.50. The van der Waals surface area contributed by atoms with E-state index in [0.29, 0.717) is 10.0 Å². The van der Waals surface area contributed by atoms with E-state index in [2.05, 4.69) is 21.4 Å². The highest BCUT2D eigenvalue weighted by Gasteiger charge is 2.31. The molecule has 6 heteroatoms. The smallest absolute Gasteiger partial charge is 0.271 e. The topological polar surface area (TPSA) is 38.0 Å². The lowest BCUT2D eigenvalue weighted by Gasteiger charge is -2.22. The minimum absolute atomic E-state index is 0.0831. The molecule has 0 saturated heterocycles. The van der Waals surface area contributed by atoms with Crippen molar-refractivity contribution in [3.8, 4) is 0 Å². The lowest BCUT2D eigenvalue weighted by atomic mass is 9.95. The molecule has 2 nitrogen and oxygen atoms in total. The van der Waals surface area contributed by atoms with Crippen molar-refractivity contribution in [2.75, 3.05) is 0 Å². The van der Waals surface area contributed by atoms with Gasteiger partial charge in [0.2, 0.25) is 0 Å². The molecule has 3 N–H and O–H groups in total. The molecule has 0 heterocycles. The molecular formula is C11H14BrF3N2. The second-order valence-electron chi connectivity index (χ2n) is 4.12. The van der Waals surface area contributed by atoms with Crippen LogP contribution in [-0.2, 0) is 6.18 Å². The predicted octanol–water partition coefficient (Wildman–Crippen LogP) is 3.63. The van der Waals surface area contributed by atoms with Gasteiger partial charge in [0.1, 0.15) is 0 Å². The van der Waals surface area contributed by atoms with Gasteiger partial charge in [0.05, 0.1) is 5.56 Å². The van der Waals surface area contributed by atoms with E-state index in [1.807, 2.05) is 13.8 Å². The summed E-state index contributed by atoms with van der Waals surface area (Å²) in [6, 6.07) is 3.23. The largest absolute Gasteiger partial charge is 0.416 e. The summed E-state index contributed by atoms with van der Waals surface area (Å²) < 4.78 is 38.4. The van der Waals surface area contributed by atoms with Crippen LogP contribution in [0.1, 0.15) is 31.0 Å². The number of nitrogens with one attached hydrogen (secondary N) is 1. The monoisotopic (exact) mass is 310 g/mol. The second kappa shape index (κ2) is 5.37. The molecule has 0 fully saturated rings. The number of rotatable bonds is 3. The van der Waals surface area contributed by atoms with Crippen molar-refractivity contribution in [3.05, 3.63) is 33.8 Å². The Labute approximate surface area is 106 Å². The number of halogens is 4. The van der Waals surface area contributed by atoms with Gasteiger partial charge < -0.3 is 0 Å². The molecule has 0 spiro atoms. The predicted molar refractivity (Wildman–Crippen MR) is 64.0 cm³/mol. The normalized spacial score (nSPS) is 14.1. The van der Waals surface area contributed by atoms with E-state index in [9.17, 15) is 13.2 Å². The summed E-state index contributed by atoms with van der Waals surface area (Å²) in [5.41, 5.74) is 2.38. The van der Waals surface area contributed by atoms with Gasteiger partial charge >= 0.3 is 6.18 Å². The zero-order valence-corrected chi connectivity index (χ0v) is 11.1. The lowest BCUT2D eigenvalue weighted by molar-refractivity contribution is -0.137. The van der Waals surface area contributed by atoms with Crippen LogP contribution in [0.4, 0.5) is 13.2 Å². The Kier molecular flexibility index (Phi) is 4.57. The number of nitrogens with two attached hydrogens (primary N) is 1. The zero-order chi connectivity index (χ0) is 13.2. The highest BCUT2D eigenvalue weighted by molar-refractivity contribution is 9.10. The Bertz CT molecular complexity index is 391. The van der Waals surface area contributed by atoms with Crippen LogP contribution >= 0.6 is 15.9 Å². The molecule has 0 aromatic heterocycles. The van der Waals surface area contributed by atoms with Crippen LogP contribution in [0.5, 0.6) is 0 Å². The highest BCUT2D eigenvalue weighted by atomic mass is 79.9. The van der Waals surface area contributed by atoms with E-state index < -0.39 is 11.7 Å². The number of hydrazine groups is 1. The zero-order valence-electron chi connectivity index (χ0n) is 9.48. The standard InChI is InChI=1S/C11H14BrF3N2/c1-6(2)10(17-16)8-5-7(11(13,14)15)3-4-9(8)12/h3-6,10,17H,16H2,1-2H3. The van der Waals surface area contributed by atoms with Gasteiger partial charge in [0.15, 0.2) is 0 Å². The molecule has 17 heavy (non-hydrogen) atoms. The fourth-order valence-corrected chi connectivity index (χ4v) is 2.09. The Hall–Kier alpha value is -0.590. The van der Waals surface area contributed by atoms with E-state index in [0.717, 1.165) is 12.1 Å². The summed E-state index contributed by atoms with van der Waals surface area (Å²) >= 11 is 3.24. The highest BCUT2D eigenvalue weighted by Crippen LogP contribution is 2.35. The van der Waals surface area contributed by atoms with Gasteiger partial charge in [0.25, 0.3) is 0 Å². The number of alkyl halides is 3. The second-order valence-corrected chi connectivity index (χ2v) is 4.98. The summed E-state index contributed by atoms with van der Waals surface area (Å²) in [5.74, 6) is 5.46. The Morgan fingerprint density at radius 1 is 1.29 bits per heavy atom. The van der Waals surface area contributed by atoms with Crippen LogP contribution < -0.4 is 11.3 Å². The third kappa shape index (κ3) is 3.43.